The van der Waals surface area contributed by atoms with E-state index in [4.69, 9.17) is 19.4 Å². The molecule has 1 aliphatic rings. The van der Waals surface area contributed by atoms with Crippen LogP contribution in [-0.2, 0) is 0 Å². The summed E-state index contributed by atoms with van der Waals surface area (Å²) in [4.78, 5) is 15.7. The van der Waals surface area contributed by atoms with E-state index in [1.807, 2.05) is 18.2 Å². The number of allylic oxidation sites excluding steroid dienone is 4. The summed E-state index contributed by atoms with van der Waals surface area (Å²) in [7, 11) is 0. The van der Waals surface area contributed by atoms with Crippen LogP contribution in [-0.4, -0.2) is 15.0 Å². The van der Waals surface area contributed by atoms with Crippen LogP contribution in [0.1, 0.15) is 24.2 Å². The first-order valence-electron chi connectivity index (χ1n) is 18.8. The number of furan rings is 1. The Bertz CT molecular complexity index is 3210. The second-order valence-electron chi connectivity index (χ2n) is 14.2. The lowest BCUT2D eigenvalue weighted by Crippen LogP contribution is -2.05. The van der Waals surface area contributed by atoms with E-state index in [1.54, 1.807) is 0 Å². The maximum atomic E-state index is 6.77. The van der Waals surface area contributed by atoms with Gasteiger partial charge in [0.2, 0.25) is 0 Å². The third-order valence-corrected chi connectivity index (χ3v) is 11.0. The third-order valence-electron chi connectivity index (χ3n) is 11.0. The largest absolute Gasteiger partial charge is 0.455 e. The summed E-state index contributed by atoms with van der Waals surface area (Å²) in [6, 6.07) is 57.6. The van der Waals surface area contributed by atoms with Gasteiger partial charge in [0.05, 0.1) is 0 Å². The van der Waals surface area contributed by atoms with Crippen molar-refractivity contribution in [3.63, 3.8) is 0 Å². The van der Waals surface area contributed by atoms with Gasteiger partial charge in [-0.05, 0) is 80.1 Å². The molecular formula is C51H33N3O. The average Bonchev–Trinajstić information content (AvgIpc) is 3.65. The molecule has 0 N–H and O–H groups in total. The molecule has 4 heteroatoms. The summed E-state index contributed by atoms with van der Waals surface area (Å²) < 4.78 is 6.77. The number of rotatable bonds is 5. The minimum absolute atomic E-state index is 0.649. The SMILES string of the molecule is C1=CC(c2nc(-c3ccccc3)nc(-c3cc4ccccc4c4ccccc34)n2)=C(c2cccc3oc4c(-c5ccc6ccccc6c5)cccc4c23)CC1. The Labute approximate surface area is 317 Å². The number of nitrogens with zero attached hydrogens (tertiary/aromatic N) is 3. The minimum Gasteiger partial charge on any atom is -0.455 e. The lowest BCUT2D eigenvalue weighted by atomic mass is 9.88. The van der Waals surface area contributed by atoms with Crippen molar-refractivity contribution >= 4 is 65.4 Å². The maximum absolute atomic E-state index is 6.77. The molecule has 0 saturated heterocycles. The molecule has 0 radical (unpaired) electrons. The summed E-state index contributed by atoms with van der Waals surface area (Å²) in [5.74, 6) is 1.97. The van der Waals surface area contributed by atoms with Gasteiger partial charge in [-0.2, -0.15) is 0 Å². The Morgan fingerprint density at radius 2 is 1.13 bits per heavy atom. The number of para-hydroxylation sites is 1. The molecular weight excluding hydrogens is 671 g/mol. The number of fused-ring (bicyclic) bond motifs is 7. The smallest absolute Gasteiger partial charge is 0.164 e. The molecule has 0 unspecified atom stereocenters. The van der Waals surface area contributed by atoms with Gasteiger partial charge in [-0.3, -0.25) is 0 Å². The van der Waals surface area contributed by atoms with Crippen molar-refractivity contribution in [2.45, 2.75) is 12.8 Å². The first-order valence-corrected chi connectivity index (χ1v) is 18.8. The first kappa shape index (κ1) is 31.4. The summed E-state index contributed by atoms with van der Waals surface area (Å²) in [6.07, 6.45) is 6.21. The van der Waals surface area contributed by atoms with Crippen molar-refractivity contribution in [2.24, 2.45) is 0 Å². The zero-order valence-corrected chi connectivity index (χ0v) is 29.9. The van der Waals surface area contributed by atoms with Crippen LogP contribution in [0.25, 0.3) is 99.3 Å². The van der Waals surface area contributed by atoms with E-state index < -0.39 is 0 Å². The van der Waals surface area contributed by atoms with E-state index in [9.17, 15) is 0 Å². The van der Waals surface area contributed by atoms with Crippen molar-refractivity contribution < 1.29 is 4.42 Å². The van der Waals surface area contributed by atoms with Crippen LogP contribution >= 0.6 is 0 Å². The molecule has 0 atom stereocenters. The van der Waals surface area contributed by atoms with Crippen molar-refractivity contribution in [3.8, 4) is 33.9 Å². The molecule has 0 bridgehead atoms. The summed E-state index contributed by atoms with van der Waals surface area (Å²) in [6.45, 7) is 0. The Balaban J connectivity index is 1.14. The molecule has 2 heterocycles. The van der Waals surface area contributed by atoms with Crippen molar-refractivity contribution in [1.29, 1.82) is 0 Å². The topological polar surface area (TPSA) is 51.8 Å². The van der Waals surface area contributed by atoms with Gasteiger partial charge in [-0.15, -0.1) is 0 Å². The second-order valence-corrected chi connectivity index (χ2v) is 14.2. The van der Waals surface area contributed by atoms with Gasteiger partial charge >= 0.3 is 0 Å². The van der Waals surface area contributed by atoms with Gasteiger partial charge < -0.3 is 4.42 Å². The molecule has 0 spiro atoms. The monoisotopic (exact) mass is 703 g/mol. The molecule has 8 aromatic carbocycles. The van der Waals surface area contributed by atoms with Crippen LogP contribution < -0.4 is 0 Å². The summed E-state index contributed by atoms with van der Waals surface area (Å²) in [5.41, 5.74) is 9.27. The second kappa shape index (κ2) is 12.8. The fourth-order valence-corrected chi connectivity index (χ4v) is 8.41. The van der Waals surface area contributed by atoms with Gasteiger partial charge in [0, 0.05) is 33.0 Å². The van der Waals surface area contributed by atoms with Gasteiger partial charge in [0.1, 0.15) is 11.2 Å². The Hall–Kier alpha value is -7.17. The Morgan fingerprint density at radius 3 is 2.02 bits per heavy atom. The highest BCUT2D eigenvalue weighted by atomic mass is 16.3. The van der Waals surface area contributed by atoms with E-state index >= 15 is 0 Å². The molecule has 0 saturated carbocycles. The Kier molecular flexibility index (Phi) is 7.27. The molecule has 4 nitrogen and oxygen atoms in total. The van der Waals surface area contributed by atoms with Gasteiger partial charge in [-0.1, -0.05) is 158 Å². The van der Waals surface area contributed by atoms with E-state index in [-0.39, 0.29) is 0 Å². The number of aromatic nitrogens is 3. The van der Waals surface area contributed by atoms with Crippen LogP contribution in [0.3, 0.4) is 0 Å². The average molecular weight is 704 g/mol. The van der Waals surface area contributed by atoms with Crippen LogP contribution in [0.2, 0.25) is 0 Å². The van der Waals surface area contributed by atoms with E-state index in [0.29, 0.717) is 17.5 Å². The van der Waals surface area contributed by atoms with Crippen molar-refractivity contribution in [1.82, 2.24) is 15.0 Å². The van der Waals surface area contributed by atoms with Crippen LogP contribution in [0, 0.1) is 0 Å². The Morgan fingerprint density at radius 1 is 0.436 bits per heavy atom. The molecule has 11 rings (SSSR count). The van der Waals surface area contributed by atoms with Crippen LogP contribution in [0.15, 0.2) is 180 Å². The van der Waals surface area contributed by atoms with E-state index in [2.05, 4.69) is 158 Å². The van der Waals surface area contributed by atoms with Crippen molar-refractivity contribution in [3.05, 3.63) is 187 Å². The summed E-state index contributed by atoms with van der Waals surface area (Å²) in [5, 5.41) is 9.30. The predicted octanol–water partition coefficient (Wildman–Crippen LogP) is 13.5. The highest BCUT2D eigenvalue weighted by Gasteiger charge is 2.23. The number of hydrogen-bond acceptors (Lipinski definition) is 4. The number of hydrogen-bond donors (Lipinski definition) is 0. The van der Waals surface area contributed by atoms with Crippen molar-refractivity contribution in [2.75, 3.05) is 0 Å². The quantitative estimate of drug-likeness (QED) is 0.167. The zero-order valence-electron chi connectivity index (χ0n) is 29.9. The fourth-order valence-electron chi connectivity index (χ4n) is 8.41. The van der Waals surface area contributed by atoms with E-state index in [1.165, 1.54) is 27.1 Å². The molecule has 10 aromatic rings. The first-order chi connectivity index (χ1) is 27.3. The molecule has 0 fully saturated rings. The summed E-state index contributed by atoms with van der Waals surface area (Å²) >= 11 is 0. The van der Waals surface area contributed by atoms with E-state index in [0.717, 1.165) is 78.9 Å². The predicted molar refractivity (Wildman–Crippen MR) is 228 cm³/mol. The highest BCUT2D eigenvalue weighted by Crippen LogP contribution is 2.43. The van der Waals surface area contributed by atoms with Gasteiger partial charge in [-0.25, -0.2) is 15.0 Å². The molecule has 1 aliphatic carbocycles. The fraction of sp³-hybridized carbons (Fsp3) is 0.0392. The zero-order chi connectivity index (χ0) is 36.3. The molecule has 0 aliphatic heterocycles. The molecule has 258 valence electrons. The molecule has 0 amide bonds. The third kappa shape index (κ3) is 5.25. The van der Waals surface area contributed by atoms with Gasteiger partial charge in [0.25, 0.3) is 0 Å². The standard InChI is InChI=1S/C51H33N3O/c1-2-15-33(16-3-1)49-52-50(54-51(53-49)45-31-35-18-6-7-19-37(35)39-20-8-9-21-40(39)45)43-23-11-10-22-41(43)42-25-13-27-46-47(42)44-26-12-24-38(48(44)55-46)36-29-28-32-14-4-5-17-34(32)30-36/h1-9,11-21,23-31H,10,22H2. The molecule has 2 aromatic heterocycles. The maximum Gasteiger partial charge on any atom is 0.164 e. The highest BCUT2D eigenvalue weighted by molar-refractivity contribution is 6.16. The normalized spacial score (nSPS) is 13.2. The number of benzene rings is 8. The van der Waals surface area contributed by atoms with Gasteiger partial charge in [0.15, 0.2) is 17.5 Å². The van der Waals surface area contributed by atoms with Crippen LogP contribution in [0.5, 0.6) is 0 Å². The minimum atomic E-state index is 0.649. The lowest BCUT2D eigenvalue weighted by molar-refractivity contribution is 0.670. The van der Waals surface area contributed by atoms with Crippen LogP contribution in [0.4, 0.5) is 0 Å². The lowest BCUT2D eigenvalue weighted by Gasteiger charge is -2.18. The molecule has 55 heavy (non-hydrogen) atoms.